The first-order chi connectivity index (χ1) is 14.6. The predicted octanol–water partition coefficient (Wildman–Crippen LogP) is 3.92. The fourth-order valence-corrected chi connectivity index (χ4v) is 4.69. The van der Waals surface area contributed by atoms with E-state index in [-0.39, 0.29) is 18.1 Å². The number of thiazole rings is 1. The summed E-state index contributed by atoms with van der Waals surface area (Å²) in [6.07, 6.45) is 2.20. The molecule has 2 aromatic heterocycles. The molecule has 4 rings (SSSR count). The third kappa shape index (κ3) is 4.62. The average Bonchev–Trinajstić information content (AvgIpc) is 3.36. The number of benzene rings is 1. The molecule has 0 amide bonds. The standard InChI is InChI=1S/C21H22N4O3S2/c1-3-28-20(27)17(19-22-13(2)11-29-19)16(26)12-30-21-23-18(14-9-10-14)25(24-21)15-7-5-4-6-8-15/h4-8,11,14,17H,3,9-10,12H2,1-2H3. The van der Waals surface area contributed by atoms with E-state index in [9.17, 15) is 9.59 Å². The van der Waals surface area contributed by atoms with Gasteiger partial charge in [0.05, 0.1) is 18.0 Å². The first kappa shape index (κ1) is 20.7. The van der Waals surface area contributed by atoms with Gasteiger partial charge in [0.1, 0.15) is 10.8 Å². The molecule has 3 aromatic rings. The molecular weight excluding hydrogens is 420 g/mol. The smallest absolute Gasteiger partial charge is 0.323 e. The van der Waals surface area contributed by atoms with Crippen LogP contribution in [0.1, 0.15) is 48.1 Å². The number of carbonyl (C=O) groups is 2. The minimum absolute atomic E-state index is 0.0744. The van der Waals surface area contributed by atoms with Gasteiger partial charge in [-0.25, -0.2) is 14.6 Å². The van der Waals surface area contributed by atoms with Crippen LogP contribution in [0, 0.1) is 6.92 Å². The Labute approximate surface area is 182 Å². The number of nitrogens with zero attached hydrogens (tertiary/aromatic N) is 4. The van der Waals surface area contributed by atoms with Crippen LogP contribution in [-0.4, -0.2) is 43.9 Å². The van der Waals surface area contributed by atoms with Crippen molar-refractivity contribution >= 4 is 34.9 Å². The molecule has 1 atom stereocenters. The number of ether oxygens (including phenoxy) is 1. The van der Waals surface area contributed by atoms with E-state index in [1.807, 2.05) is 47.3 Å². The number of aromatic nitrogens is 4. The van der Waals surface area contributed by atoms with Crippen molar-refractivity contribution in [1.29, 1.82) is 0 Å². The highest BCUT2D eigenvalue weighted by molar-refractivity contribution is 7.99. The lowest BCUT2D eigenvalue weighted by Gasteiger charge is -2.11. The van der Waals surface area contributed by atoms with Crippen LogP contribution in [0.5, 0.6) is 0 Å². The lowest BCUT2D eigenvalue weighted by molar-refractivity contribution is -0.147. The normalized spacial score (nSPS) is 14.5. The second-order valence-electron chi connectivity index (χ2n) is 7.04. The maximum atomic E-state index is 12.9. The number of Topliss-reactive ketones (excluding diaryl/α,β-unsaturated/α-hetero) is 1. The third-order valence-corrected chi connectivity index (χ3v) is 6.51. The molecule has 1 saturated carbocycles. The van der Waals surface area contributed by atoms with Gasteiger partial charge in [-0.15, -0.1) is 16.4 Å². The molecular formula is C21H22N4O3S2. The molecule has 0 aliphatic heterocycles. The number of ketones is 1. The molecule has 156 valence electrons. The largest absolute Gasteiger partial charge is 0.465 e. The van der Waals surface area contributed by atoms with Gasteiger partial charge in [-0.3, -0.25) is 9.59 Å². The molecule has 1 aromatic carbocycles. The summed E-state index contributed by atoms with van der Waals surface area (Å²) in [5.74, 6) is -0.404. The Morgan fingerprint density at radius 1 is 1.27 bits per heavy atom. The van der Waals surface area contributed by atoms with E-state index in [1.165, 1.54) is 23.1 Å². The fraction of sp³-hybridized carbons (Fsp3) is 0.381. The minimum Gasteiger partial charge on any atom is -0.465 e. The molecule has 1 fully saturated rings. The molecule has 2 heterocycles. The van der Waals surface area contributed by atoms with Crippen LogP contribution in [0.15, 0.2) is 40.9 Å². The summed E-state index contributed by atoms with van der Waals surface area (Å²) >= 11 is 2.55. The monoisotopic (exact) mass is 442 g/mol. The quantitative estimate of drug-likeness (QED) is 0.282. The number of hydrogen-bond donors (Lipinski definition) is 0. The highest BCUT2D eigenvalue weighted by atomic mass is 32.2. The number of hydrogen-bond acceptors (Lipinski definition) is 8. The average molecular weight is 443 g/mol. The van der Waals surface area contributed by atoms with Gasteiger partial charge in [0.2, 0.25) is 5.16 Å². The summed E-state index contributed by atoms with van der Waals surface area (Å²) in [6, 6.07) is 9.86. The van der Waals surface area contributed by atoms with Crippen LogP contribution in [0.4, 0.5) is 0 Å². The maximum absolute atomic E-state index is 12.9. The van der Waals surface area contributed by atoms with Crippen LogP contribution in [0.2, 0.25) is 0 Å². The first-order valence-electron chi connectivity index (χ1n) is 9.83. The highest BCUT2D eigenvalue weighted by Gasteiger charge is 2.34. The Hall–Kier alpha value is -2.52. The van der Waals surface area contributed by atoms with E-state index < -0.39 is 11.9 Å². The van der Waals surface area contributed by atoms with Gasteiger partial charge in [-0.2, -0.15) is 0 Å². The van der Waals surface area contributed by atoms with E-state index >= 15 is 0 Å². The Kier molecular flexibility index (Phi) is 6.29. The Morgan fingerprint density at radius 2 is 2.03 bits per heavy atom. The summed E-state index contributed by atoms with van der Waals surface area (Å²) in [4.78, 5) is 34.4. The zero-order valence-electron chi connectivity index (χ0n) is 16.8. The van der Waals surface area contributed by atoms with Gasteiger partial charge in [0.25, 0.3) is 0 Å². The number of rotatable bonds is 9. The number of para-hydroxylation sites is 1. The van der Waals surface area contributed by atoms with Crippen molar-refractivity contribution in [3.05, 3.63) is 52.2 Å². The van der Waals surface area contributed by atoms with Crippen LogP contribution in [0.25, 0.3) is 5.69 Å². The van der Waals surface area contributed by atoms with Crippen LogP contribution in [-0.2, 0) is 14.3 Å². The van der Waals surface area contributed by atoms with Crippen molar-refractivity contribution in [1.82, 2.24) is 19.7 Å². The van der Waals surface area contributed by atoms with E-state index in [4.69, 9.17) is 4.74 Å². The number of thioether (sulfide) groups is 1. The van der Waals surface area contributed by atoms with Crippen LogP contribution < -0.4 is 0 Å². The van der Waals surface area contributed by atoms with E-state index in [0.29, 0.717) is 16.1 Å². The zero-order valence-corrected chi connectivity index (χ0v) is 18.4. The summed E-state index contributed by atoms with van der Waals surface area (Å²) in [5, 5.41) is 7.45. The molecule has 0 saturated heterocycles. The SMILES string of the molecule is CCOC(=O)C(C(=O)CSc1nc(C2CC2)n(-c2ccccc2)n1)c1nc(C)cs1. The number of aryl methyl sites for hydroxylation is 1. The maximum Gasteiger partial charge on any atom is 0.323 e. The Morgan fingerprint density at radius 3 is 2.67 bits per heavy atom. The molecule has 1 unspecified atom stereocenters. The van der Waals surface area contributed by atoms with Gasteiger partial charge in [0, 0.05) is 17.0 Å². The Bertz CT molecular complexity index is 1040. The molecule has 30 heavy (non-hydrogen) atoms. The van der Waals surface area contributed by atoms with Gasteiger partial charge < -0.3 is 4.74 Å². The predicted molar refractivity (Wildman–Crippen MR) is 115 cm³/mol. The van der Waals surface area contributed by atoms with E-state index in [0.717, 1.165) is 30.0 Å². The lowest BCUT2D eigenvalue weighted by Crippen LogP contribution is -2.25. The van der Waals surface area contributed by atoms with Gasteiger partial charge in [-0.05, 0) is 38.8 Å². The molecule has 0 N–H and O–H groups in total. The molecule has 0 radical (unpaired) electrons. The topological polar surface area (TPSA) is 87.0 Å². The second kappa shape index (κ2) is 9.09. The van der Waals surface area contributed by atoms with E-state index in [2.05, 4.69) is 15.1 Å². The summed E-state index contributed by atoms with van der Waals surface area (Å²) in [7, 11) is 0. The van der Waals surface area contributed by atoms with Crippen molar-refractivity contribution < 1.29 is 14.3 Å². The minimum atomic E-state index is -1.00. The molecule has 0 spiro atoms. The molecule has 1 aliphatic carbocycles. The van der Waals surface area contributed by atoms with Gasteiger partial charge in [-0.1, -0.05) is 30.0 Å². The lowest BCUT2D eigenvalue weighted by atomic mass is 10.1. The summed E-state index contributed by atoms with van der Waals surface area (Å²) in [5.41, 5.74) is 1.73. The first-order valence-corrected chi connectivity index (χ1v) is 11.7. The van der Waals surface area contributed by atoms with Crippen molar-refractivity contribution in [2.75, 3.05) is 12.4 Å². The second-order valence-corrected chi connectivity index (χ2v) is 8.87. The number of carbonyl (C=O) groups excluding carboxylic acids is 2. The van der Waals surface area contributed by atoms with Gasteiger partial charge in [0.15, 0.2) is 11.7 Å². The fourth-order valence-electron chi connectivity index (χ4n) is 3.05. The van der Waals surface area contributed by atoms with Crippen molar-refractivity contribution in [3.63, 3.8) is 0 Å². The molecule has 9 heteroatoms. The highest BCUT2D eigenvalue weighted by Crippen LogP contribution is 2.40. The van der Waals surface area contributed by atoms with E-state index in [1.54, 1.807) is 6.92 Å². The van der Waals surface area contributed by atoms with Crippen molar-refractivity contribution in [2.24, 2.45) is 0 Å². The third-order valence-electron chi connectivity index (χ3n) is 4.63. The summed E-state index contributed by atoms with van der Waals surface area (Å²) in [6.45, 7) is 3.77. The van der Waals surface area contributed by atoms with Crippen molar-refractivity contribution in [2.45, 2.75) is 43.7 Å². The zero-order chi connectivity index (χ0) is 21.1. The van der Waals surface area contributed by atoms with Crippen molar-refractivity contribution in [3.8, 4) is 5.69 Å². The van der Waals surface area contributed by atoms with Crippen LogP contribution >= 0.6 is 23.1 Å². The Balaban J connectivity index is 1.51. The molecule has 7 nitrogen and oxygen atoms in total. The summed E-state index contributed by atoms with van der Waals surface area (Å²) < 4.78 is 6.98. The molecule has 0 bridgehead atoms. The van der Waals surface area contributed by atoms with Crippen LogP contribution in [0.3, 0.4) is 0 Å². The number of esters is 1. The molecule has 1 aliphatic rings. The van der Waals surface area contributed by atoms with Gasteiger partial charge >= 0.3 is 5.97 Å².